The highest BCUT2D eigenvalue weighted by Gasteiger charge is 2.27. The van der Waals surface area contributed by atoms with Gasteiger partial charge in [0.1, 0.15) is 17.3 Å². The van der Waals surface area contributed by atoms with Crippen LogP contribution >= 0.6 is 0 Å². The van der Waals surface area contributed by atoms with Crippen LogP contribution in [0.2, 0.25) is 0 Å². The number of carbonyl (C=O) groups excluding carboxylic acids is 1. The lowest BCUT2D eigenvalue weighted by molar-refractivity contribution is 0.0923. The largest absolute Gasteiger partial charge is 0.497 e. The summed E-state index contributed by atoms with van der Waals surface area (Å²) in [4.78, 5) is 17.6. The summed E-state index contributed by atoms with van der Waals surface area (Å²) in [5.41, 5.74) is 1.81. The number of hydrogen-bond donors (Lipinski definition) is 1. The van der Waals surface area contributed by atoms with E-state index < -0.39 is 0 Å². The summed E-state index contributed by atoms with van der Waals surface area (Å²) < 4.78 is 16.7. The summed E-state index contributed by atoms with van der Waals surface area (Å²) in [7, 11) is 1.68. The average molecular weight is 478 g/mol. The highest BCUT2D eigenvalue weighted by atomic mass is 16.5. The maximum Gasteiger partial charge on any atom is 0.251 e. The van der Waals surface area contributed by atoms with Gasteiger partial charge in [-0.1, -0.05) is 13.3 Å². The SMILES string of the molecule is CCCCOc1ccc(C(=O)NCC(c2ccco2)N2CCN(c3ccc(OC)cc3)CC2)cc1. The number of rotatable bonds is 11. The van der Waals surface area contributed by atoms with Crippen molar-refractivity contribution in [3.63, 3.8) is 0 Å². The number of carbonyl (C=O) groups is 1. The minimum Gasteiger partial charge on any atom is -0.497 e. The van der Waals surface area contributed by atoms with Gasteiger partial charge in [0.25, 0.3) is 5.91 Å². The number of hydrogen-bond acceptors (Lipinski definition) is 6. The van der Waals surface area contributed by atoms with E-state index >= 15 is 0 Å². The van der Waals surface area contributed by atoms with Gasteiger partial charge in [-0.15, -0.1) is 0 Å². The third-order valence-corrected chi connectivity index (χ3v) is 6.40. The molecular formula is C28H35N3O4. The van der Waals surface area contributed by atoms with Gasteiger partial charge in [-0.25, -0.2) is 0 Å². The fourth-order valence-electron chi connectivity index (χ4n) is 4.30. The first-order valence-corrected chi connectivity index (χ1v) is 12.4. The fraction of sp³-hybridized carbons (Fsp3) is 0.393. The fourth-order valence-corrected chi connectivity index (χ4v) is 4.30. The quantitative estimate of drug-likeness (QED) is 0.402. The molecule has 0 spiro atoms. The van der Waals surface area contributed by atoms with Crippen molar-refractivity contribution in [1.82, 2.24) is 10.2 Å². The molecule has 35 heavy (non-hydrogen) atoms. The predicted octanol–water partition coefficient (Wildman–Crippen LogP) is 4.76. The van der Waals surface area contributed by atoms with Crippen LogP contribution in [-0.4, -0.2) is 57.2 Å². The van der Waals surface area contributed by atoms with Crippen molar-refractivity contribution in [2.24, 2.45) is 0 Å². The molecule has 0 saturated carbocycles. The topological polar surface area (TPSA) is 67.2 Å². The Kier molecular flexibility index (Phi) is 8.68. The van der Waals surface area contributed by atoms with Crippen molar-refractivity contribution in [2.75, 3.05) is 51.3 Å². The van der Waals surface area contributed by atoms with Gasteiger partial charge in [-0.3, -0.25) is 9.69 Å². The van der Waals surface area contributed by atoms with E-state index in [0.717, 1.165) is 56.3 Å². The maximum atomic E-state index is 12.8. The molecule has 3 aromatic rings. The highest BCUT2D eigenvalue weighted by molar-refractivity contribution is 5.94. The number of nitrogens with zero attached hydrogens (tertiary/aromatic N) is 2. The highest BCUT2D eigenvalue weighted by Crippen LogP contribution is 2.25. The molecule has 7 heteroatoms. The summed E-state index contributed by atoms with van der Waals surface area (Å²) in [5, 5.41) is 3.10. The van der Waals surface area contributed by atoms with Crippen molar-refractivity contribution in [3.05, 3.63) is 78.3 Å². The van der Waals surface area contributed by atoms with Gasteiger partial charge in [0.15, 0.2) is 0 Å². The van der Waals surface area contributed by atoms with Crippen molar-refractivity contribution in [3.8, 4) is 11.5 Å². The van der Waals surface area contributed by atoms with Crippen LogP contribution in [0, 0.1) is 0 Å². The van der Waals surface area contributed by atoms with E-state index in [-0.39, 0.29) is 11.9 Å². The normalized spacial score (nSPS) is 15.0. The first kappa shape index (κ1) is 24.7. The Bertz CT molecular complexity index is 1030. The van der Waals surface area contributed by atoms with Crippen LogP contribution in [0.15, 0.2) is 71.3 Å². The minimum atomic E-state index is -0.0986. The number of ether oxygens (including phenoxy) is 2. The van der Waals surface area contributed by atoms with Gasteiger partial charge in [-0.05, 0) is 67.1 Å². The number of nitrogens with one attached hydrogen (secondary N) is 1. The molecule has 186 valence electrons. The first-order chi connectivity index (χ1) is 17.2. The molecule has 1 saturated heterocycles. The van der Waals surface area contributed by atoms with Crippen molar-refractivity contribution < 1.29 is 18.7 Å². The van der Waals surface area contributed by atoms with Crippen molar-refractivity contribution in [2.45, 2.75) is 25.8 Å². The van der Waals surface area contributed by atoms with E-state index in [0.29, 0.717) is 18.7 Å². The molecular weight excluding hydrogens is 442 g/mol. The van der Waals surface area contributed by atoms with E-state index in [1.807, 2.05) is 48.5 Å². The molecule has 1 aliphatic rings. The monoisotopic (exact) mass is 477 g/mol. The van der Waals surface area contributed by atoms with Crippen LogP contribution in [0.4, 0.5) is 5.69 Å². The molecule has 1 atom stereocenters. The summed E-state index contributed by atoms with van der Waals surface area (Å²) in [6.45, 7) is 6.85. The molecule has 1 aliphatic heterocycles. The zero-order valence-electron chi connectivity index (χ0n) is 20.6. The summed E-state index contributed by atoms with van der Waals surface area (Å²) in [6.07, 6.45) is 3.80. The lowest BCUT2D eigenvalue weighted by Gasteiger charge is -2.39. The van der Waals surface area contributed by atoms with E-state index in [2.05, 4.69) is 34.2 Å². The molecule has 1 amide bonds. The number of piperazine rings is 1. The number of anilines is 1. The first-order valence-electron chi connectivity index (χ1n) is 12.4. The second-order valence-corrected chi connectivity index (χ2v) is 8.69. The Morgan fingerprint density at radius 1 is 1.00 bits per heavy atom. The molecule has 2 heterocycles. The zero-order valence-corrected chi connectivity index (χ0v) is 20.6. The van der Waals surface area contributed by atoms with E-state index in [9.17, 15) is 4.79 Å². The summed E-state index contributed by atoms with van der Waals surface area (Å²) >= 11 is 0. The number of unbranched alkanes of at least 4 members (excludes halogenated alkanes) is 1. The zero-order chi connectivity index (χ0) is 24.5. The lowest BCUT2D eigenvalue weighted by Crippen LogP contribution is -2.49. The second kappa shape index (κ2) is 12.3. The molecule has 1 unspecified atom stereocenters. The van der Waals surface area contributed by atoms with Crippen LogP contribution in [0.5, 0.6) is 11.5 Å². The molecule has 2 aromatic carbocycles. The van der Waals surface area contributed by atoms with E-state index in [1.54, 1.807) is 13.4 Å². The standard InChI is InChI=1S/C28H35N3O4/c1-3-4-19-34-25-11-7-22(8-12-25)28(32)29-21-26(27-6-5-20-35-27)31-17-15-30(16-18-31)23-9-13-24(33-2)14-10-23/h5-14,20,26H,3-4,15-19,21H2,1-2H3,(H,29,32). The van der Waals surface area contributed by atoms with Gasteiger partial charge < -0.3 is 24.1 Å². The molecule has 1 N–H and O–H groups in total. The molecule has 0 bridgehead atoms. The van der Waals surface area contributed by atoms with E-state index in [1.165, 1.54) is 5.69 Å². The molecule has 1 aromatic heterocycles. The predicted molar refractivity (Wildman–Crippen MR) is 137 cm³/mol. The van der Waals surface area contributed by atoms with Gasteiger partial charge >= 0.3 is 0 Å². The molecule has 0 radical (unpaired) electrons. The van der Waals surface area contributed by atoms with Gasteiger partial charge in [0, 0.05) is 44.0 Å². The molecule has 0 aliphatic carbocycles. The Labute approximate surface area is 207 Å². The Morgan fingerprint density at radius 2 is 1.71 bits per heavy atom. The number of benzene rings is 2. The summed E-state index contributed by atoms with van der Waals surface area (Å²) in [5.74, 6) is 2.42. The second-order valence-electron chi connectivity index (χ2n) is 8.69. The number of methoxy groups -OCH3 is 1. The van der Waals surface area contributed by atoms with Crippen LogP contribution in [0.3, 0.4) is 0 Å². The number of furan rings is 1. The minimum absolute atomic E-state index is 0.0244. The maximum absolute atomic E-state index is 12.8. The van der Waals surface area contributed by atoms with Crippen LogP contribution in [0.25, 0.3) is 0 Å². The Balaban J connectivity index is 1.34. The Hall–Kier alpha value is -3.45. The third-order valence-electron chi connectivity index (χ3n) is 6.40. The van der Waals surface area contributed by atoms with Gasteiger partial charge in [0.05, 0.1) is 26.0 Å². The Morgan fingerprint density at radius 3 is 2.34 bits per heavy atom. The van der Waals surface area contributed by atoms with Crippen molar-refractivity contribution >= 4 is 11.6 Å². The lowest BCUT2D eigenvalue weighted by atomic mass is 10.1. The van der Waals surface area contributed by atoms with E-state index in [4.69, 9.17) is 13.9 Å². The summed E-state index contributed by atoms with van der Waals surface area (Å²) in [6, 6.07) is 19.4. The van der Waals surface area contributed by atoms with Gasteiger partial charge in [0.2, 0.25) is 0 Å². The third kappa shape index (κ3) is 6.57. The van der Waals surface area contributed by atoms with Crippen LogP contribution < -0.4 is 19.7 Å². The molecule has 1 fully saturated rings. The van der Waals surface area contributed by atoms with Gasteiger partial charge in [-0.2, -0.15) is 0 Å². The molecule has 4 rings (SSSR count). The van der Waals surface area contributed by atoms with Crippen molar-refractivity contribution in [1.29, 1.82) is 0 Å². The van der Waals surface area contributed by atoms with Crippen LogP contribution in [0.1, 0.15) is 41.9 Å². The molecule has 7 nitrogen and oxygen atoms in total. The number of amides is 1. The van der Waals surface area contributed by atoms with Crippen LogP contribution in [-0.2, 0) is 0 Å². The smallest absolute Gasteiger partial charge is 0.251 e. The average Bonchev–Trinajstić information content (AvgIpc) is 3.44.